The minimum atomic E-state index is -1.51. The number of hydrogen-bond donors (Lipinski definition) is 4. The van der Waals surface area contributed by atoms with Crippen molar-refractivity contribution in [1.29, 1.82) is 0 Å². The predicted octanol–water partition coefficient (Wildman–Crippen LogP) is 7.46. The summed E-state index contributed by atoms with van der Waals surface area (Å²) in [6.07, 6.45) is 0.472. The Labute approximate surface area is 241 Å². The number of hydrogen-bond acceptors (Lipinski definition) is 5. The smallest absolute Gasteiger partial charge is 0.338 e. The van der Waals surface area contributed by atoms with E-state index in [0.717, 1.165) is 0 Å². The number of aromatic carboxylic acids is 2. The van der Waals surface area contributed by atoms with Crippen LogP contribution in [0.5, 0.6) is 0 Å². The van der Waals surface area contributed by atoms with Crippen LogP contribution in [-0.4, -0.2) is 39.2 Å². The van der Waals surface area contributed by atoms with Gasteiger partial charge in [-0.15, -0.1) is 11.8 Å². The average Bonchev–Trinajstić information content (AvgIpc) is 2.88. The highest BCUT2D eigenvalue weighted by Crippen LogP contribution is 2.42. The van der Waals surface area contributed by atoms with E-state index in [1.165, 1.54) is 36.0 Å². The van der Waals surface area contributed by atoms with Crippen molar-refractivity contribution >= 4 is 93.3 Å². The molecule has 3 rings (SSSR count). The van der Waals surface area contributed by atoms with Gasteiger partial charge in [-0.25, -0.2) is 9.59 Å². The Morgan fingerprint density at radius 2 is 1.39 bits per heavy atom. The fourth-order valence-corrected chi connectivity index (χ4v) is 5.32. The lowest BCUT2D eigenvalue weighted by molar-refractivity contribution is -0.115. The van der Waals surface area contributed by atoms with Crippen LogP contribution in [-0.2, 0) is 4.79 Å². The molecule has 8 nitrogen and oxygen atoms in total. The second kappa shape index (κ2) is 12.7. The number of carbonyl (C=O) groups excluding carboxylic acids is 2. The Morgan fingerprint density at radius 1 is 0.789 bits per heavy atom. The topological polar surface area (TPSA) is 133 Å². The lowest BCUT2D eigenvalue weighted by atomic mass is 10.1. The van der Waals surface area contributed by atoms with Gasteiger partial charge < -0.3 is 20.8 Å². The molecule has 0 spiro atoms. The predicted molar refractivity (Wildman–Crippen MR) is 150 cm³/mol. The average molecular weight is 616 g/mol. The van der Waals surface area contributed by atoms with Gasteiger partial charge in [0.05, 0.1) is 42.0 Å². The maximum absolute atomic E-state index is 13.0. The van der Waals surface area contributed by atoms with Gasteiger partial charge >= 0.3 is 11.9 Å². The molecule has 0 saturated carbocycles. The highest BCUT2D eigenvalue weighted by molar-refractivity contribution is 8.00. The number of nitrogens with one attached hydrogen (secondary N) is 2. The molecule has 198 valence electrons. The number of benzene rings is 3. The number of halogens is 4. The molecule has 0 aliphatic carbocycles. The monoisotopic (exact) mass is 614 g/mol. The normalized spacial score (nSPS) is 11.5. The molecule has 0 aliphatic heterocycles. The fraction of sp³-hybridized carbons (Fsp3) is 0.120. The molecule has 0 fully saturated rings. The van der Waals surface area contributed by atoms with Crippen molar-refractivity contribution in [2.75, 3.05) is 10.6 Å². The van der Waals surface area contributed by atoms with Crippen LogP contribution in [0.4, 0.5) is 11.4 Å². The van der Waals surface area contributed by atoms with Gasteiger partial charge in [-0.1, -0.05) is 59.4 Å². The highest BCUT2D eigenvalue weighted by Gasteiger charge is 2.29. The van der Waals surface area contributed by atoms with Gasteiger partial charge in [-0.2, -0.15) is 0 Å². The van der Waals surface area contributed by atoms with E-state index in [9.17, 15) is 24.3 Å². The molecule has 0 aromatic heterocycles. The van der Waals surface area contributed by atoms with Crippen molar-refractivity contribution in [3.63, 3.8) is 0 Å². The molecule has 0 aliphatic rings. The zero-order valence-corrected chi connectivity index (χ0v) is 23.2. The molecule has 1 unspecified atom stereocenters. The minimum Gasteiger partial charge on any atom is -0.478 e. The summed E-state index contributed by atoms with van der Waals surface area (Å²) in [5.74, 6) is -3.75. The molecule has 3 aromatic carbocycles. The number of carboxylic acids is 2. The molecular weight excluding hydrogens is 598 g/mol. The molecule has 0 saturated heterocycles. The molecule has 1 atom stereocenters. The van der Waals surface area contributed by atoms with Gasteiger partial charge in [0.15, 0.2) is 0 Å². The summed E-state index contributed by atoms with van der Waals surface area (Å²) in [7, 11) is 0. The summed E-state index contributed by atoms with van der Waals surface area (Å²) >= 11 is 25.4. The first-order valence-electron chi connectivity index (χ1n) is 10.8. The summed E-state index contributed by atoms with van der Waals surface area (Å²) in [5, 5.41) is 22.1. The number of anilines is 2. The van der Waals surface area contributed by atoms with E-state index in [-0.39, 0.29) is 26.5 Å². The number of carbonyl (C=O) groups is 4. The van der Waals surface area contributed by atoms with Gasteiger partial charge in [0.2, 0.25) is 5.91 Å². The summed E-state index contributed by atoms with van der Waals surface area (Å²) in [6.45, 7) is 1.83. The molecular formula is C25H18Cl4N2O6S. The third kappa shape index (κ3) is 6.73. The first-order chi connectivity index (χ1) is 17.9. The molecule has 2 amide bonds. The molecule has 0 heterocycles. The van der Waals surface area contributed by atoms with E-state index in [1.54, 1.807) is 24.3 Å². The number of rotatable bonds is 9. The maximum atomic E-state index is 13.0. The van der Waals surface area contributed by atoms with E-state index < -0.39 is 39.2 Å². The summed E-state index contributed by atoms with van der Waals surface area (Å²) in [4.78, 5) is 49.3. The van der Waals surface area contributed by atoms with E-state index >= 15 is 0 Å². The number of thioether (sulfide) groups is 1. The summed E-state index contributed by atoms with van der Waals surface area (Å²) < 4.78 is 0. The first-order valence-corrected chi connectivity index (χ1v) is 13.1. The van der Waals surface area contributed by atoms with Gasteiger partial charge in [0.25, 0.3) is 5.91 Å². The zero-order valence-electron chi connectivity index (χ0n) is 19.4. The number of carboxylic acid groups (broad SMARTS) is 2. The fourth-order valence-electron chi connectivity index (χ4n) is 3.29. The van der Waals surface area contributed by atoms with Gasteiger partial charge in [-0.05, 0) is 48.9 Å². The molecule has 0 radical (unpaired) electrons. The quantitative estimate of drug-likeness (QED) is 0.111. The van der Waals surface area contributed by atoms with E-state index in [2.05, 4.69) is 10.6 Å². The van der Waals surface area contributed by atoms with Crippen LogP contribution in [0.2, 0.25) is 20.1 Å². The third-order valence-electron chi connectivity index (χ3n) is 5.14. The van der Waals surface area contributed by atoms with Crippen LogP contribution >= 0.6 is 58.2 Å². The van der Waals surface area contributed by atoms with Gasteiger partial charge in [0, 0.05) is 16.3 Å². The Kier molecular flexibility index (Phi) is 9.92. The Hall–Kier alpha value is -2.95. The van der Waals surface area contributed by atoms with Crippen molar-refractivity contribution in [2.45, 2.75) is 23.5 Å². The lowest BCUT2D eigenvalue weighted by Crippen LogP contribution is -2.24. The van der Waals surface area contributed by atoms with Crippen LogP contribution in [0.1, 0.15) is 44.4 Å². The Morgan fingerprint density at radius 3 is 1.95 bits per heavy atom. The first kappa shape index (κ1) is 29.6. The molecule has 0 bridgehead atoms. The van der Waals surface area contributed by atoms with Crippen molar-refractivity contribution in [1.82, 2.24) is 0 Å². The Balaban J connectivity index is 1.78. The summed E-state index contributed by atoms with van der Waals surface area (Å²) in [5.41, 5.74) is -0.187. The molecule has 13 heteroatoms. The number of amides is 2. The second-order valence-electron chi connectivity index (χ2n) is 7.68. The van der Waals surface area contributed by atoms with Crippen molar-refractivity contribution in [3.8, 4) is 0 Å². The van der Waals surface area contributed by atoms with Gasteiger partial charge in [0.1, 0.15) is 0 Å². The largest absolute Gasteiger partial charge is 0.478 e. The van der Waals surface area contributed by atoms with Crippen LogP contribution in [0.15, 0.2) is 53.4 Å². The summed E-state index contributed by atoms with van der Waals surface area (Å²) in [6, 6.07) is 12.3. The second-order valence-corrected chi connectivity index (χ2v) is 10.5. The maximum Gasteiger partial charge on any atom is 0.338 e. The van der Waals surface area contributed by atoms with Crippen molar-refractivity contribution in [3.05, 3.63) is 85.3 Å². The third-order valence-corrected chi connectivity index (χ3v) is 8.30. The van der Waals surface area contributed by atoms with E-state index in [1.807, 2.05) is 6.92 Å². The van der Waals surface area contributed by atoms with Crippen LogP contribution in [0.3, 0.4) is 0 Å². The van der Waals surface area contributed by atoms with Crippen molar-refractivity contribution < 1.29 is 29.4 Å². The molecule has 4 N–H and O–H groups in total. The minimum absolute atomic E-state index is 0.100. The molecule has 3 aromatic rings. The Bertz CT molecular complexity index is 1430. The highest BCUT2D eigenvalue weighted by atomic mass is 35.5. The van der Waals surface area contributed by atoms with E-state index in [0.29, 0.717) is 22.7 Å². The zero-order chi connectivity index (χ0) is 28.1. The van der Waals surface area contributed by atoms with E-state index in [4.69, 9.17) is 51.5 Å². The van der Waals surface area contributed by atoms with Gasteiger partial charge in [-0.3, -0.25) is 9.59 Å². The van der Waals surface area contributed by atoms with Crippen LogP contribution in [0, 0.1) is 0 Å². The lowest BCUT2D eigenvalue weighted by Gasteiger charge is -2.16. The standard InChI is InChI=1S/C25H18Cl4N2O6S/c1-2-15(22(32)30-12-8-6-11(7-9-12)24(34)35)38-14-5-3-4-13(10-14)31-23(33)16-17(25(36)37)19(27)21(29)20(28)18(16)26/h3-10,15H,2H2,1H3,(H,30,32)(H,31,33)(H,34,35)(H,36,37). The van der Waals surface area contributed by atoms with Crippen LogP contribution in [0.25, 0.3) is 0 Å². The van der Waals surface area contributed by atoms with Crippen molar-refractivity contribution in [2.24, 2.45) is 0 Å². The molecule has 38 heavy (non-hydrogen) atoms. The van der Waals surface area contributed by atoms with Crippen LogP contribution < -0.4 is 10.6 Å². The SMILES string of the molecule is CCC(Sc1cccc(NC(=O)c2c(Cl)c(Cl)c(Cl)c(Cl)c2C(=O)O)c1)C(=O)Nc1ccc(C(=O)O)cc1.